The van der Waals surface area contributed by atoms with Crippen LogP contribution in [-0.2, 0) is 17.1 Å². The second-order valence-electron chi connectivity index (χ2n) is 3.79. The molecule has 0 saturated heterocycles. The van der Waals surface area contributed by atoms with Gasteiger partial charge in [-0.2, -0.15) is 13.5 Å². The highest BCUT2D eigenvalue weighted by atomic mass is 32.2. The van der Waals surface area contributed by atoms with Gasteiger partial charge in [-0.3, -0.25) is 9.40 Å². The molecule has 0 atom stereocenters. The van der Waals surface area contributed by atoms with Crippen molar-refractivity contribution in [3.05, 3.63) is 35.9 Å². The van der Waals surface area contributed by atoms with E-state index in [1.807, 2.05) is 0 Å². The number of rotatable bonds is 4. The standard InChI is InChI=1S/C10H10FN5O2S2/c1-16-9(6(5-14-16)8(12)19)15-20(17,18)10-7(11)3-2-4-13-10/h2-5,15H,1H3,(H2,12,19). The topological polar surface area (TPSA) is 103 Å². The number of sulfonamides is 1. The van der Waals surface area contributed by atoms with Crippen molar-refractivity contribution in [2.24, 2.45) is 12.8 Å². The van der Waals surface area contributed by atoms with Crippen LogP contribution in [0.2, 0.25) is 0 Å². The SMILES string of the molecule is Cn1ncc(C(N)=S)c1NS(=O)(=O)c1ncccc1F. The maximum absolute atomic E-state index is 13.5. The Morgan fingerprint density at radius 1 is 1.55 bits per heavy atom. The number of aryl methyl sites for hydroxylation is 1. The van der Waals surface area contributed by atoms with Crippen molar-refractivity contribution in [3.63, 3.8) is 0 Å². The first kappa shape index (κ1) is 14.3. The molecule has 0 spiro atoms. The van der Waals surface area contributed by atoms with Crippen LogP contribution in [-0.4, -0.2) is 28.2 Å². The van der Waals surface area contributed by atoms with Gasteiger partial charge < -0.3 is 5.73 Å². The Labute approximate surface area is 119 Å². The van der Waals surface area contributed by atoms with Gasteiger partial charge in [-0.25, -0.2) is 9.37 Å². The number of aromatic nitrogens is 3. The summed E-state index contributed by atoms with van der Waals surface area (Å²) in [5, 5.41) is 3.13. The van der Waals surface area contributed by atoms with Crippen LogP contribution in [0.5, 0.6) is 0 Å². The van der Waals surface area contributed by atoms with Gasteiger partial charge in [0, 0.05) is 13.2 Å². The van der Waals surface area contributed by atoms with E-state index in [9.17, 15) is 12.8 Å². The minimum absolute atomic E-state index is 0.0303. The quantitative estimate of drug-likeness (QED) is 0.791. The molecular weight excluding hydrogens is 305 g/mol. The fourth-order valence-electron chi connectivity index (χ4n) is 1.48. The maximum atomic E-state index is 13.5. The van der Waals surface area contributed by atoms with E-state index >= 15 is 0 Å². The number of hydrogen-bond acceptors (Lipinski definition) is 5. The highest BCUT2D eigenvalue weighted by molar-refractivity contribution is 7.92. The van der Waals surface area contributed by atoms with Crippen molar-refractivity contribution < 1.29 is 12.8 Å². The van der Waals surface area contributed by atoms with E-state index in [4.69, 9.17) is 18.0 Å². The first-order chi connectivity index (χ1) is 9.33. The Hall–Kier alpha value is -2.07. The molecule has 0 aliphatic heterocycles. The summed E-state index contributed by atoms with van der Waals surface area (Å²) in [7, 11) is -2.71. The minimum Gasteiger partial charge on any atom is -0.389 e. The average Bonchev–Trinajstić information content (AvgIpc) is 2.71. The molecule has 0 aliphatic carbocycles. The number of halogens is 1. The molecule has 0 amide bonds. The van der Waals surface area contributed by atoms with Crippen LogP contribution in [0.1, 0.15) is 5.56 Å². The average molecular weight is 315 g/mol. The second kappa shape index (κ2) is 5.13. The first-order valence-electron chi connectivity index (χ1n) is 5.28. The monoisotopic (exact) mass is 315 g/mol. The molecule has 2 rings (SSSR count). The largest absolute Gasteiger partial charge is 0.389 e. The molecule has 3 N–H and O–H groups in total. The van der Waals surface area contributed by atoms with Gasteiger partial charge in [0.2, 0.25) is 5.03 Å². The van der Waals surface area contributed by atoms with Gasteiger partial charge in [0.15, 0.2) is 5.82 Å². The van der Waals surface area contributed by atoms with E-state index in [1.165, 1.54) is 30.2 Å². The van der Waals surface area contributed by atoms with E-state index in [1.54, 1.807) is 0 Å². The minimum atomic E-state index is -4.20. The lowest BCUT2D eigenvalue weighted by Crippen LogP contribution is -2.21. The van der Waals surface area contributed by atoms with Crippen LogP contribution in [0.4, 0.5) is 10.2 Å². The van der Waals surface area contributed by atoms with Crippen molar-refractivity contribution in [1.29, 1.82) is 0 Å². The zero-order valence-corrected chi connectivity index (χ0v) is 11.9. The molecule has 0 aromatic carbocycles. The van der Waals surface area contributed by atoms with E-state index in [-0.39, 0.29) is 16.4 Å². The van der Waals surface area contributed by atoms with Gasteiger partial charge in [0.05, 0.1) is 11.8 Å². The third-order valence-corrected chi connectivity index (χ3v) is 3.91. The zero-order chi connectivity index (χ0) is 14.9. The fraction of sp³-hybridized carbons (Fsp3) is 0.100. The van der Waals surface area contributed by atoms with Crippen molar-refractivity contribution >= 4 is 33.0 Å². The summed E-state index contributed by atoms with van der Waals surface area (Å²) in [4.78, 5) is 3.49. The maximum Gasteiger partial charge on any atom is 0.283 e. The number of nitrogens with zero attached hydrogens (tertiary/aromatic N) is 3. The predicted octanol–water partition coefficient (Wildman–Crippen LogP) is 0.389. The lowest BCUT2D eigenvalue weighted by molar-refractivity contribution is 0.556. The lowest BCUT2D eigenvalue weighted by atomic mass is 10.3. The summed E-state index contributed by atoms with van der Waals surface area (Å²) in [5.74, 6) is -0.915. The Morgan fingerprint density at radius 3 is 2.85 bits per heavy atom. The van der Waals surface area contributed by atoms with Gasteiger partial charge in [0.25, 0.3) is 10.0 Å². The number of anilines is 1. The normalized spacial score (nSPS) is 11.3. The molecule has 0 radical (unpaired) electrons. The lowest BCUT2D eigenvalue weighted by Gasteiger charge is -2.09. The second-order valence-corrected chi connectivity index (χ2v) is 5.83. The van der Waals surface area contributed by atoms with E-state index in [2.05, 4.69) is 14.8 Å². The highest BCUT2D eigenvalue weighted by Crippen LogP contribution is 2.19. The van der Waals surface area contributed by atoms with Gasteiger partial charge in [0.1, 0.15) is 10.8 Å². The van der Waals surface area contributed by atoms with E-state index in [0.29, 0.717) is 0 Å². The van der Waals surface area contributed by atoms with Crippen molar-refractivity contribution in [1.82, 2.24) is 14.8 Å². The van der Waals surface area contributed by atoms with Crippen molar-refractivity contribution in [2.45, 2.75) is 5.03 Å². The third kappa shape index (κ3) is 2.60. The van der Waals surface area contributed by atoms with Gasteiger partial charge in [-0.15, -0.1) is 0 Å². The first-order valence-corrected chi connectivity index (χ1v) is 7.17. The van der Waals surface area contributed by atoms with Crippen LogP contribution in [0.15, 0.2) is 29.6 Å². The van der Waals surface area contributed by atoms with Gasteiger partial charge in [-0.05, 0) is 12.1 Å². The molecule has 2 heterocycles. The van der Waals surface area contributed by atoms with Crippen LogP contribution in [0.25, 0.3) is 0 Å². The zero-order valence-electron chi connectivity index (χ0n) is 10.2. The molecular formula is C10H10FN5O2S2. The molecule has 7 nitrogen and oxygen atoms in total. The third-order valence-electron chi connectivity index (χ3n) is 2.41. The Morgan fingerprint density at radius 2 is 2.25 bits per heavy atom. The van der Waals surface area contributed by atoms with Crippen LogP contribution in [0, 0.1) is 5.82 Å². The fourth-order valence-corrected chi connectivity index (χ4v) is 2.75. The molecule has 106 valence electrons. The summed E-state index contributed by atoms with van der Waals surface area (Å²) in [6.07, 6.45) is 2.49. The highest BCUT2D eigenvalue weighted by Gasteiger charge is 2.24. The Kier molecular flexibility index (Phi) is 3.68. The molecule has 20 heavy (non-hydrogen) atoms. The molecule has 2 aromatic heterocycles. The van der Waals surface area contributed by atoms with Crippen LogP contribution >= 0.6 is 12.2 Å². The van der Waals surface area contributed by atoms with E-state index in [0.717, 1.165) is 6.07 Å². The molecule has 0 saturated carbocycles. The number of pyridine rings is 1. The number of nitrogens with one attached hydrogen (secondary N) is 1. The smallest absolute Gasteiger partial charge is 0.283 e. The van der Waals surface area contributed by atoms with Crippen LogP contribution in [0.3, 0.4) is 0 Å². The van der Waals surface area contributed by atoms with Gasteiger partial charge in [-0.1, -0.05) is 12.2 Å². The number of hydrogen-bond donors (Lipinski definition) is 2. The van der Waals surface area contributed by atoms with Gasteiger partial charge >= 0.3 is 0 Å². The Bertz CT molecular complexity index is 772. The van der Waals surface area contributed by atoms with E-state index < -0.39 is 20.9 Å². The number of nitrogens with two attached hydrogens (primary N) is 1. The van der Waals surface area contributed by atoms with Crippen molar-refractivity contribution in [2.75, 3.05) is 4.72 Å². The van der Waals surface area contributed by atoms with Crippen molar-refractivity contribution in [3.8, 4) is 0 Å². The summed E-state index contributed by atoms with van der Waals surface area (Å²) < 4.78 is 41.1. The summed E-state index contributed by atoms with van der Waals surface area (Å²) in [5.41, 5.74) is 5.71. The summed E-state index contributed by atoms with van der Waals surface area (Å²) >= 11 is 4.79. The summed E-state index contributed by atoms with van der Waals surface area (Å²) in [6, 6.07) is 2.29. The molecule has 0 fully saturated rings. The molecule has 0 unspecified atom stereocenters. The summed E-state index contributed by atoms with van der Waals surface area (Å²) in [6.45, 7) is 0. The molecule has 2 aromatic rings. The Balaban J connectivity index is 2.47. The predicted molar refractivity (Wildman–Crippen MR) is 74.1 cm³/mol. The number of thiocarbonyl (C=S) groups is 1. The van der Waals surface area contributed by atoms with Crippen LogP contribution < -0.4 is 10.5 Å². The molecule has 0 aliphatic rings. The molecule has 10 heteroatoms. The molecule has 0 bridgehead atoms.